The summed E-state index contributed by atoms with van der Waals surface area (Å²) in [4.78, 5) is 21.4. The fourth-order valence-electron chi connectivity index (χ4n) is 4.72. The predicted molar refractivity (Wildman–Crippen MR) is 114 cm³/mol. The standard InChI is InChI=1S/C23H28N4O4/c28-20(14-29-16-8-2-1-3-9-16)25-18-12-30-22-19(13-31-21(18)22)27-23-24-11-10-17(26-23)15-6-4-5-7-15/h1-3,8-11,15,18-19,21-22H,4-7,12-14H2,(H,25,28)(H,24,26,27)/t18-,19+,21-,22+/m1/s1. The first-order valence-electron chi connectivity index (χ1n) is 11.1. The fourth-order valence-corrected chi connectivity index (χ4v) is 4.72. The summed E-state index contributed by atoms with van der Waals surface area (Å²) in [5.41, 5.74) is 1.11. The molecule has 31 heavy (non-hydrogen) atoms. The van der Waals surface area contributed by atoms with Crippen LogP contribution in [0.2, 0.25) is 0 Å². The molecule has 2 aromatic rings. The lowest BCUT2D eigenvalue weighted by Crippen LogP contribution is -2.46. The number of fused-ring (bicyclic) bond motifs is 1. The van der Waals surface area contributed by atoms with Crippen LogP contribution < -0.4 is 15.4 Å². The number of hydrogen-bond acceptors (Lipinski definition) is 7. The fraction of sp³-hybridized carbons (Fsp3) is 0.522. The van der Waals surface area contributed by atoms with Gasteiger partial charge in [0, 0.05) is 17.8 Å². The van der Waals surface area contributed by atoms with Gasteiger partial charge in [0.25, 0.3) is 5.91 Å². The highest BCUT2D eigenvalue weighted by Gasteiger charge is 2.48. The van der Waals surface area contributed by atoms with E-state index in [1.165, 1.54) is 25.7 Å². The van der Waals surface area contributed by atoms with Crippen LogP contribution in [-0.2, 0) is 14.3 Å². The second-order valence-corrected chi connectivity index (χ2v) is 8.41. The van der Waals surface area contributed by atoms with Crippen LogP contribution in [0.5, 0.6) is 5.75 Å². The predicted octanol–water partition coefficient (Wildman–Crippen LogP) is 2.28. The summed E-state index contributed by atoms with van der Waals surface area (Å²) in [6, 6.07) is 11.1. The Kier molecular flexibility index (Phi) is 5.99. The molecule has 0 unspecified atom stereocenters. The average molecular weight is 425 g/mol. The van der Waals surface area contributed by atoms with Crippen LogP contribution in [0.15, 0.2) is 42.6 Å². The van der Waals surface area contributed by atoms with Crippen molar-refractivity contribution < 1.29 is 19.0 Å². The van der Waals surface area contributed by atoms with Crippen molar-refractivity contribution in [3.63, 3.8) is 0 Å². The molecule has 1 aromatic heterocycles. The van der Waals surface area contributed by atoms with E-state index in [0.717, 1.165) is 5.69 Å². The first kappa shape index (κ1) is 20.2. The Balaban J connectivity index is 1.14. The number of nitrogens with zero attached hydrogens (tertiary/aromatic N) is 2. The van der Waals surface area contributed by atoms with E-state index >= 15 is 0 Å². The van der Waals surface area contributed by atoms with Crippen molar-refractivity contribution in [2.75, 3.05) is 25.1 Å². The second kappa shape index (κ2) is 9.20. The Labute approximate surface area is 181 Å². The zero-order chi connectivity index (χ0) is 21.0. The van der Waals surface area contributed by atoms with Crippen LogP contribution in [0, 0.1) is 0 Å². The third-order valence-corrected chi connectivity index (χ3v) is 6.28. The third kappa shape index (κ3) is 4.65. The third-order valence-electron chi connectivity index (χ3n) is 6.28. The lowest BCUT2D eigenvalue weighted by Gasteiger charge is -2.19. The molecule has 1 aliphatic carbocycles. The number of aromatic nitrogens is 2. The molecule has 3 fully saturated rings. The van der Waals surface area contributed by atoms with E-state index in [9.17, 15) is 4.79 Å². The molecule has 2 N–H and O–H groups in total. The molecule has 1 saturated carbocycles. The maximum Gasteiger partial charge on any atom is 0.258 e. The molecule has 1 amide bonds. The van der Waals surface area contributed by atoms with Crippen LogP contribution in [-0.4, -0.2) is 60.0 Å². The number of amides is 1. The summed E-state index contributed by atoms with van der Waals surface area (Å²) in [5, 5.41) is 6.37. The lowest BCUT2D eigenvalue weighted by molar-refractivity contribution is -0.124. The van der Waals surface area contributed by atoms with Crippen LogP contribution in [0.4, 0.5) is 5.95 Å². The summed E-state index contributed by atoms with van der Waals surface area (Å²) < 4.78 is 17.5. The summed E-state index contributed by atoms with van der Waals surface area (Å²) in [7, 11) is 0. The summed E-state index contributed by atoms with van der Waals surface area (Å²) in [5.74, 6) is 1.63. The van der Waals surface area contributed by atoms with E-state index in [0.29, 0.717) is 30.8 Å². The van der Waals surface area contributed by atoms with Gasteiger partial charge in [-0.1, -0.05) is 31.0 Å². The van der Waals surface area contributed by atoms with Gasteiger partial charge in [-0.3, -0.25) is 4.79 Å². The molecule has 4 atom stereocenters. The summed E-state index contributed by atoms with van der Waals surface area (Å²) >= 11 is 0. The number of benzene rings is 1. The quantitative estimate of drug-likeness (QED) is 0.704. The van der Waals surface area contributed by atoms with E-state index in [-0.39, 0.29) is 36.8 Å². The van der Waals surface area contributed by atoms with Gasteiger partial charge in [-0.15, -0.1) is 0 Å². The summed E-state index contributed by atoms with van der Waals surface area (Å²) in [6.45, 7) is 0.855. The molecule has 2 aliphatic heterocycles. The molecule has 8 nitrogen and oxygen atoms in total. The zero-order valence-corrected chi connectivity index (χ0v) is 17.4. The first-order valence-corrected chi connectivity index (χ1v) is 11.1. The highest BCUT2D eigenvalue weighted by molar-refractivity contribution is 5.78. The van der Waals surface area contributed by atoms with Gasteiger partial charge in [0.2, 0.25) is 5.95 Å². The summed E-state index contributed by atoms with van der Waals surface area (Å²) in [6.07, 6.45) is 6.42. The molecule has 0 bridgehead atoms. The van der Waals surface area contributed by atoms with E-state index in [4.69, 9.17) is 19.2 Å². The van der Waals surface area contributed by atoms with Gasteiger partial charge >= 0.3 is 0 Å². The van der Waals surface area contributed by atoms with Crippen LogP contribution in [0.1, 0.15) is 37.3 Å². The minimum atomic E-state index is -0.200. The van der Waals surface area contributed by atoms with E-state index in [2.05, 4.69) is 15.6 Å². The number of carbonyl (C=O) groups is 1. The Hall–Kier alpha value is -2.71. The number of ether oxygens (including phenoxy) is 3. The van der Waals surface area contributed by atoms with Gasteiger partial charge in [-0.05, 0) is 31.0 Å². The lowest BCUT2D eigenvalue weighted by atomic mass is 10.0. The van der Waals surface area contributed by atoms with Crippen molar-refractivity contribution in [3.8, 4) is 5.75 Å². The molecule has 2 saturated heterocycles. The maximum absolute atomic E-state index is 12.3. The number of carbonyl (C=O) groups excluding carboxylic acids is 1. The minimum Gasteiger partial charge on any atom is -0.484 e. The van der Waals surface area contributed by atoms with Crippen LogP contribution >= 0.6 is 0 Å². The van der Waals surface area contributed by atoms with Crippen LogP contribution in [0.3, 0.4) is 0 Å². The molecular weight excluding hydrogens is 396 g/mol. The molecule has 1 aromatic carbocycles. The largest absolute Gasteiger partial charge is 0.484 e. The number of nitrogens with one attached hydrogen (secondary N) is 2. The molecule has 3 aliphatic rings. The SMILES string of the molecule is O=C(COc1ccccc1)N[C@@H]1CO[C@@H]2[C@@H]1OC[C@@H]2Nc1nccc(C2CCCC2)n1. The molecule has 0 spiro atoms. The monoisotopic (exact) mass is 424 g/mol. The molecule has 164 valence electrons. The molecule has 0 radical (unpaired) electrons. The van der Waals surface area contributed by atoms with Crippen molar-refractivity contribution >= 4 is 11.9 Å². The van der Waals surface area contributed by atoms with Gasteiger partial charge in [-0.2, -0.15) is 0 Å². The number of rotatable bonds is 7. The Morgan fingerprint density at radius 2 is 1.77 bits per heavy atom. The Morgan fingerprint density at radius 3 is 2.58 bits per heavy atom. The van der Waals surface area contributed by atoms with E-state index in [1.54, 1.807) is 0 Å². The van der Waals surface area contributed by atoms with Gasteiger partial charge in [-0.25, -0.2) is 9.97 Å². The average Bonchev–Trinajstić information content (AvgIpc) is 3.54. The second-order valence-electron chi connectivity index (χ2n) is 8.41. The normalized spacial score (nSPS) is 27.7. The smallest absolute Gasteiger partial charge is 0.258 e. The van der Waals surface area contributed by atoms with Crippen LogP contribution in [0.25, 0.3) is 0 Å². The Bertz CT molecular complexity index is 890. The molecule has 8 heteroatoms. The van der Waals surface area contributed by atoms with Crippen molar-refractivity contribution in [2.45, 2.75) is 55.9 Å². The minimum absolute atomic E-state index is 0.0403. The highest BCUT2D eigenvalue weighted by Crippen LogP contribution is 2.33. The number of para-hydroxylation sites is 1. The highest BCUT2D eigenvalue weighted by atomic mass is 16.6. The van der Waals surface area contributed by atoms with Gasteiger partial charge < -0.3 is 24.8 Å². The first-order chi connectivity index (χ1) is 15.3. The van der Waals surface area contributed by atoms with E-state index in [1.807, 2.05) is 42.6 Å². The van der Waals surface area contributed by atoms with Crippen molar-refractivity contribution in [1.82, 2.24) is 15.3 Å². The number of anilines is 1. The molecule has 3 heterocycles. The Morgan fingerprint density at radius 1 is 1.03 bits per heavy atom. The topological polar surface area (TPSA) is 94.6 Å². The zero-order valence-electron chi connectivity index (χ0n) is 17.4. The number of hydrogen-bond donors (Lipinski definition) is 2. The van der Waals surface area contributed by atoms with Gasteiger partial charge in [0.1, 0.15) is 18.0 Å². The van der Waals surface area contributed by atoms with Crippen molar-refractivity contribution in [2.24, 2.45) is 0 Å². The van der Waals surface area contributed by atoms with Gasteiger partial charge in [0.05, 0.1) is 25.3 Å². The molecular formula is C23H28N4O4. The molecule has 5 rings (SSSR count). The maximum atomic E-state index is 12.3. The van der Waals surface area contributed by atoms with E-state index < -0.39 is 0 Å². The van der Waals surface area contributed by atoms with Gasteiger partial charge in [0.15, 0.2) is 6.61 Å². The van der Waals surface area contributed by atoms with Crippen molar-refractivity contribution in [1.29, 1.82) is 0 Å². The van der Waals surface area contributed by atoms with Crippen molar-refractivity contribution in [3.05, 3.63) is 48.3 Å².